The standard InChI is InChI=1S/C30H34N2O6/c1-20-24-11-10-23(16-26(24)38-29(35)25(20)15-21-7-3-2-4-8-21)37-19-27(33)31-17-28(34)32-14-13-30(36)12-6-5-9-22(30)18-32/h2-4,7-8,10-11,16,22,36H,5-6,9,12-15,17-19H2,1H3,(H,31,33)/t22-,30+/m1/s1. The van der Waals surface area contributed by atoms with Crippen LogP contribution in [0.25, 0.3) is 11.0 Å². The van der Waals surface area contributed by atoms with Gasteiger partial charge in [-0.2, -0.15) is 0 Å². The number of hydrogen-bond donors (Lipinski definition) is 2. The van der Waals surface area contributed by atoms with Crippen LogP contribution in [0.5, 0.6) is 5.75 Å². The monoisotopic (exact) mass is 518 g/mol. The lowest BCUT2D eigenvalue weighted by Gasteiger charge is -2.47. The van der Waals surface area contributed by atoms with Crippen LogP contribution in [-0.2, 0) is 16.0 Å². The average Bonchev–Trinajstić information content (AvgIpc) is 2.92. The van der Waals surface area contributed by atoms with Crippen LogP contribution in [0, 0.1) is 12.8 Å². The first-order valence-electron chi connectivity index (χ1n) is 13.3. The molecule has 2 atom stereocenters. The van der Waals surface area contributed by atoms with E-state index in [9.17, 15) is 19.5 Å². The summed E-state index contributed by atoms with van der Waals surface area (Å²) in [5.41, 5.74) is 1.85. The number of nitrogens with zero attached hydrogens (tertiary/aromatic N) is 1. The van der Waals surface area contributed by atoms with Crippen molar-refractivity contribution in [1.82, 2.24) is 10.2 Å². The highest BCUT2D eigenvalue weighted by Gasteiger charge is 2.43. The maximum atomic E-state index is 12.7. The molecule has 2 N–H and O–H groups in total. The minimum absolute atomic E-state index is 0.108. The zero-order valence-corrected chi connectivity index (χ0v) is 21.7. The van der Waals surface area contributed by atoms with E-state index in [0.29, 0.717) is 42.8 Å². The number of fused-ring (bicyclic) bond motifs is 2. The Bertz CT molecular complexity index is 1380. The van der Waals surface area contributed by atoms with E-state index in [1.54, 1.807) is 17.0 Å². The highest BCUT2D eigenvalue weighted by atomic mass is 16.5. The van der Waals surface area contributed by atoms with Gasteiger partial charge in [-0.25, -0.2) is 4.79 Å². The van der Waals surface area contributed by atoms with Crippen molar-refractivity contribution in [3.8, 4) is 5.75 Å². The second-order valence-corrected chi connectivity index (χ2v) is 10.5. The van der Waals surface area contributed by atoms with Crippen molar-refractivity contribution in [3.63, 3.8) is 0 Å². The van der Waals surface area contributed by atoms with Gasteiger partial charge in [-0.3, -0.25) is 9.59 Å². The van der Waals surface area contributed by atoms with Gasteiger partial charge in [0.15, 0.2) is 6.61 Å². The van der Waals surface area contributed by atoms with E-state index in [1.807, 2.05) is 43.3 Å². The van der Waals surface area contributed by atoms with Gasteiger partial charge in [0, 0.05) is 42.4 Å². The number of carbonyl (C=O) groups excluding carboxylic acids is 2. The molecule has 0 unspecified atom stereocenters. The Hall–Kier alpha value is -3.65. The topological polar surface area (TPSA) is 109 Å². The van der Waals surface area contributed by atoms with Crippen LogP contribution >= 0.6 is 0 Å². The fourth-order valence-electron chi connectivity index (χ4n) is 5.75. The Morgan fingerprint density at radius 2 is 1.97 bits per heavy atom. The fraction of sp³-hybridized carbons (Fsp3) is 0.433. The number of amides is 2. The second kappa shape index (κ2) is 11.0. The van der Waals surface area contributed by atoms with Gasteiger partial charge in [0.2, 0.25) is 5.91 Å². The van der Waals surface area contributed by atoms with Crippen LogP contribution in [0.15, 0.2) is 57.7 Å². The molecule has 0 spiro atoms. The van der Waals surface area contributed by atoms with Crippen LogP contribution in [0.3, 0.4) is 0 Å². The van der Waals surface area contributed by atoms with Crippen molar-refractivity contribution >= 4 is 22.8 Å². The lowest BCUT2D eigenvalue weighted by Crippen LogP contribution is -2.56. The lowest BCUT2D eigenvalue weighted by atomic mass is 9.71. The number of piperidine rings is 1. The molecule has 2 heterocycles. The van der Waals surface area contributed by atoms with Crippen LogP contribution in [-0.4, -0.2) is 53.7 Å². The number of ether oxygens (including phenoxy) is 1. The summed E-state index contributed by atoms with van der Waals surface area (Å²) in [4.78, 5) is 39.4. The molecular formula is C30H34N2O6. The molecule has 1 saturated heterocycles. The van der Waals surface area contributed by atoms with Crippen LogP contribution in [0.1, 0.15) is 48.8 Å². The molecule has 0 bridgehead atoms. The number of hydrogen-bond acceptors (Lipinski definition) is 6. The van der Waals surface area contributed by atoms with Crippen molar-refractivity contribution < 1.29 is 23.8 Å². The lowest BCUT2D eigenvalue weighted by molar-refractivity contribution is -0.143. The number of likely N-dealkylation sites (tertiary alicyclic amines) is 1. The van der Waals surface area contributed by atoms with Crippen LogP contribution in [0.2, 0.25) is 0 Å². The van der Waals surface area contributed by atoms with Gasteiger partial charge in [-0.05, 0) is 49.4 Å². The highest BCUT2D eigenvalue weighted by molar-refractivity contribution is 5.86. The molecule has 3 aromatic rings. The van der Waals surface area contributed by atoms with Gasteiger partial charge in [0.05, 0.1) is 12.1 Å². The van der Waals surface area contributed by atoms with Crippen molar-refractivity contribution in [1.29, 1.82) is 0 Å². The van der Waals surface area contributed by atoms with E-state index in [4.69, 9.17) is 9.15 Å². The number of carbonyl (C=O) groups is 2. The number of aryl methyl sites for hydroxylation is 1. The zero-order valence-electron chi connectivity index (χ0n) is 21.7. The van der Waals surface area contributed by atoms with E-state index in [-0.39, 0.29) is 25.0 Å². The van der Waals surface area contributed by atoms with E-state index in [2.05, 4.69) is 5.32 Å². The quantitative estimate of drug-likeness (QED) is 0.465. The maximum Gasteiger partial charge on any atom is 0.340 e. The molecular weight excluding hydrogens is 484 g/mol. The van der Waals surface area contributed by atoms with Crippen molar-refractivity contribution in [2.45, 2.75) is 51.0 Å². The summed E-state index contributed by atoms with van der Waals surface area (Å²) >= 11 is 0. The second-order valence-electron chi connectivity index (χ2n) is 10.5. The van der Waals surface area contributed by atoms with Gasteiger partial charge in [0.25, 0.3) is 5.91 Å². The first-order chi connectivity index (χ1) is 18.3. The smallest absolute Gasteiger partial charge is 0.340 e. The van der Waals surface area contributed by atoms with Gasteiger partial charge in [-0.15, -0.1) is 0 Å². The van der Waals surface area contributed by atoms with E-state index >= 15 is 0 Å². The van der Waals surface area contributed by atoms with E-state index in [1.165, 1.54) is 0 Å². The molecule has 1 aliphatic heterocycles. The predicted octanol–water partition coefficient (Wildman–Crippen LogP) is 3.34. The van der Waals surface area contributed by atoms with Crippen LogP contribution in [0.4, 0.5) is 0 Å². The predicted molar refractivity (Wildman–Crippen MR) is 143 cm³/mol. The first kappa shape index (κ1) is 26.0. The van der Waals surface area contributed by atoms with Gasteiger partial charge in [0.1, 0.15) is 11.3 Å². The SMILES string of the molecule is Cc1c(Cc2ccccc2)c(=O)oc2cc(OCC(=O)NCC(=O)N3CC[C@@]4(O)CCCC[C@@H]4C3)ccc12. The molecule has 38 heavy (non-hydrogen) atoms. The van der Waals surface area contributed by atoms with Gasteiger partial charge in [-0.1, -0.05) is 43.2 Å². The summed E-state index contributed by atoms with van der Waals surface area (Å²) in [7, 11) is 0. The molecule has 200 valence electrons. The molecule has 8 heteroatoms. The summed E-state index contributed by atoms with van der Waals surface area (Å²) in [6, 6.07) is 14.9. The Morgan fingerprint density at radius 1 is 1.16 bits per heavy atom. The van der Waals surface area contributed by atoms with Gasteiger partial charge >= 0.3 is 5.63 Å². The van der Waals surface area contributed by atoms with Gasteiger partial charge < -0.3 is 24.5 Å². The first-order valence-corrected chi connectivity index (χ1v) is 13.3. The Labute approximate surface area is 221 Å². The molecule has 8 nitrogen and oxygen atoms in total. The summed E-state index contributed by atoms with van der Waals surface area (Å²) in [6.07, 6.45) is 4.93. The summed E-state index contributed by atoms with van der Waals surface area (Å²) in [5, 5.41) is 14.2. The minimum atomic E-state index is -0.646. The Morgan fingerprint density at radius 3 is 2.79 bits per heavy atom. The van der Waals surface area contributed by atoms with E-state index < -0.39 is 17.1 Å². The molecule has 2 fully saturated rings. The zero-order chi connectivity index (χ0) is 26.7. The molecule has 2 aromatic carbocycles. The van der Waals surface area contributed by atoms with Crippen molar-refractivity contribution in [2.75, 3.05) is 26.2 Å². The largest absolute Gasteiger partial charge is 0.484 e. The number of benzene rings is 2. The highest BCUT2D eigenvalue weighted by Crippen LogP contribution is 2.39. The molecule has 1 aromatic heterocycles. The third-order valence-corrected chi connectivity index (χ3v) is 8.07. The maximum absolute atomic E-state index is 12.7. The van der Waals surface area contributed by atoms with E-state index in [0.717, 1.165) is 42.2 Å². The van der Waals surface area contributed by atoms with Crippen LogP contribution < -0.4 is 15.7 Å². The molecule has 1 aliphatic carbocycles. The molecule has 2 aliphatic rings. The average molecular weight is 519 g/mol. The van der Waals surface area contributed by atoms with Crippen molar-refractivity contribution in [2.24, 2.45) is 5.92 Å². The number of nitrogens with one attached hydrogen (secondary N) is 1. The summed E-state index contributed by atoms with van der Waals surface area (Å²) in [6.45, 7) is 2.57. The Kier molecular flexibility index (Phi) is 7.51. The molecule has 5 rings (SSSR count). The number of rotatable bonds is 7. The number of aliphatic hydroxyl groups is 1. The Balaban J connectivity index is 1.15. The fourth-order valence-corrected chi connectivity index (χ4v) is 5.75. The third-order valence-electron chi connectivity index (χ3n) is 8.07. The third kappa shape index (κ3) is 5.60. The molecule has 0 radical (unpaired) electrons. The summed E-state index contributed by atoms with van der Waals surface area (Å²) < 4.78 is 11.2. The molecule has 2 amide bonds. The normalized spacial score (nSPS) is 21.1. The summed E-state index contributed by atoms with van der Waals surface area (Å²) in [5.74, 6) is -0.0651. The minimum Gasteiger partial charge on any atom is -0.484 e. The van der Waals surface area contributed by atoms with Crippen molar-refractivity contribution in [3.05, 3.63) is 75.6 Å². The molecule has 1 saturated carbocycles.